The number of nitrogen functional groups attached to an aromatic ring is 1. The summed E-state index contributed by atoms with van der Waals surface area (Å²) in [6.07, 6.45) is 0.685. The van der Waals surface area contributed by atoms with Crippen molar-refractivity contribution in [3.05, 3.63) is 46.2 Å². The minimum absolute atomic E-state index is 0.156. The van der Waals surface area contributed by atoms with Crippen LogP contribution in [0.2, 0.25) is 0 Å². The van der Waals surface area contributed by atoms with Gasteiger partial charge in [-0.1, -0.05) is 6.07 Å². The largest absolute Gasteiger partial charge is 0.399 e. The third-order valence-corrected chi connectivity index (χ3v) is 5.48. The monoisotopic (exact) mass is 310 g/mol. The van der Waals surface area contributed by atoms with Crippen molar-refractivity contribution in [3.63, 3.8) is 0 Å². The van der Waals surface area contributed by atoms with Crippen molar-refractivity contribution in [2.45, 2.75) is 31.2 Å². The van der Waals surface area contributed by atoms with Crippen LogP contribution in [-0.4, -0.2) is 14.5 Å². The van der Waals surface area contributed by atoms with Crippen molar-refractivity contribution in [3.8, 4) is 0 Å². The first kappa shape index (κ1) is 15.0. The second-order valence-corrected chi connectivity index (χ2v) is 7.57. The summed E-state index contributed by atoms with van der Waals surface area (Å²) in [6.45, 7) is 3.66. The number of aryl methyl sites for hydroxylation is 1. The molecule has 1 aromatic carbocycles. The lowest BCUT2D eigenvalue weighted by Gasteiger charge is -2.14. The van der Waals surface area contributed by atoms with E-state index in [9.17, 15) is 8.42 Å². The van der Waals surface area contributed by atoms with Gasteiger partial charge in [-0.2, -0.15) is 0 Å². The lowest BCUT2D eigenvalue weighted by Crippen LogP contribution is -2.34. The number of sulfonamides is 1. The molecule has 0 aliphatic carbocycles. The number of benzene rings is 1. The molecule has 1 unspecified atom stereocenters. The van der Waals surface area contributed by atoms with E-state index in [1.54, 1.807) is 30.4 Å². The van der Waals surface area contributed by atoms with Crippen LogP contribution in [0.15, 0.2) is 40.6 Å². The zero-order valence-electron chi connectivity index (χ0n) is 11.5. The van der Waals surface area contributed by atoms with Crippen LogP contribution in [0, 0.1) is 6.92 Å². The number of thiophene rings is 1. The van der Waals surface area contributed by atoms with E-state index in [1.807, 2.05) is 24.4 Å². The molecule has 0 amide bonds. The molecule has 3 N–H and O–H groups in total. The average Bonchev–Trinajstić information content (AvgIpc) is 2.84. The van der Waals surface area contributed by atoms with E-state index in [2.05, 4.69) is 4.72 Å². The maximum atomic E-state index is 12.3. The van der Waals surface area contributed by atoms with Crippen LogP contribution in [0.25, 0.3) is 0 Å². The molecule has 108 valence electrons. The van der Waals surface area contributed by atoms with Gasteiger partial charge in [0.1, 0.15) is 0 Å². The molecule has 1 heterocycles. The Hall–Kier alpha value is -1.37. The average molecular weight is 310 g/mol. The SMILES string of the molecule is Cc1cc(S(=O)(=O)NC(C)Cc2cccs2)ccc1N. The van der Waals surface area contributed by atoms with Gasteiger partial charge in [0.15, 0.2) is 0 Å². The van der Waals surface area contributed by atoms with Crippen LogP contribution < -0.4 is 10.5 Å². The Balaban J connectivity index is 2.12. The normalized spacial score (nSPS) is 13.3. The summed E-state index contributed by atoms with van der Waals surface area (Å²) >= 11 is 1.63. The Labute approximate surface area is 123 Å². The van der Waals surface area contributed by atoms with Gasteiger partial charge in [0.25, 0.3) is 0 Å². The summed E-state index contributed by atoms with van der Waals surface area (Å²) in [6, 6.07) is 8.55. The minimum Gasteiger partial charge on any atom is -0.399 e. The van der Waals surface area contributed by atoms with Gasteiger partial charge in [-0.3, -0.25) is 0 Å². The zero-order valence-corrected chi connectivity index (χ0v) is 13.1. The van der Waals surface area contributed by atoms with E-state index in [4.69, 9.17) is 5.73 Å². The van der Waals surface area contributed by atoms with Gasteiger partial charge < -0.3 is 5.73 Å². The maximum Gasteiger partial charge on any atom is 0.240 e. The number of rotatable bonds is 5. The molecule has 0 saturated heterocycles. The smallest absolute Gasteiger partial charge is 0.240 e. The lowest BCUT2D eigenvalue weighted by atomic mass is 10.2. The number of anilines is 1. The number of hydrogen-bond acceptors (Lipinski definition) is 4. The topological polar surface area (TPSA) is 72.2 Å². The molecule has 0 radical (unpaired) electrons. The quantitative estimate of drug-likeness (QED) is 0.834. The van der Waals surface area contributed by atoms with Crippen LogP contribution in [-0.2, 0) is 16.4 Å². The van der Waals surface area contributed by atoms with E-state index in [-0.39, 0.29) is 10.9 Å². The Morgan fingerprint density at radius 1 is 1.35 bits per heavy atom. The van der Waals surface area contributed by atoms with Crippen molar-refractivity contribution >= 4 is 27.0 Å². The molecule has 1 aromatic heterocycles. The molecule has 0 saturated carbocycles. The van der Waals surface area contributed by atoms with Gasteiger partial charge in [-0.25, -0.2) is 13.1 Å². The molecular formula is C14H18N2O2S2. The van der Waals surface area contributed by atoms with Gasteiger partial charge in [0.2, 0.25) is 10.0 Å². The Bertz CT molecular complexity index is 679. The van der Waals surface area contributed by atoms with Gasteiger partial charge in [-0.15, -0.1) is 11.3 Å². The summed E-state index contributed by atoms with van der Waals surface area (Å²) in [5.74, 6) is 0. The fraction of sp³-hybridized carbons (Fsp3) is 0.286. The molecule has 0 aliphatic rings. The van der Waals surface area contributed by atoms with Crippen molar-refractivity contribution in [2.75, 3.05) is 5.73 Å². The van der Waals surface area contributed by atoms with Gasteiger partial charge in [-0.05, 0) is 55.5 Å². The summed E-state index contributed by atoms with van der Waals surface area (Å²) in [4.78, 5) is 1.41. The second kappa shape index (κ2) is 5.95. The molecule has 2 aromatic rings. The third-order valence-electron chi connectivity index (χ3n) is 3.00. The van der Waals surface area contributed by atoms with Crippen molar-refractivity contribution in [2.24, 2.45) is 0 Å². The number of nitrogens with two attached hydrogens (primary N) is 1. The first-order chi connectivity index (χ1) is 9.38. The molecule has 4 nitrogen and oxygen atoms in total. The second-order valence-electron chi connectivity index (χ2n) is 4.82. The molecule has 1 atom stereocenters. The highest BCUT2D eigenvalue weighted by Gasteiger charge is 2.18. The fourth-order valence-electron chi connectivity index (χ4n) is 1.92. The summed E-state index contributed by atoms with van der Waals surface area (Å²) in [5, 5.41) is 1.99. The van der Waals surface area contributed by atoms with Gasteiger partial charge in [0, 0.05) is 16.6 Å². The summed E-state index contributed by atoms with van der Waals surface area (Å²) < 4.78 is 27.3. The molecule has 2 rings (SSSR count). The molecular weight excluding hydrogens is 292 g/mol. The molecule has 20 heavy (non-hydrogen) atoms. The van der Waals surface area contributed by atoms with Crippen LogP contribution in [0.3, 0.4) is 0 Å². The lowest BCUT2D eigenvalue weighted by molar-refractivity contribution is 0.560. The van der Waals surface area contributed by atoms with E-state index >= 15 is 0 Å². The Morgan fingerprint density at radius 3 is 2.70 bits per heavy atom. The third kappa shape index (κ3) is 3.59. The van der Waals surface area contributed by atoms with Crippen LogP contribution in [0.5, 0.6) is 0 Å². The number of hydrogen-bond donors (Lipinski definition) is 2. The molecule has 0 fully saturated rings. The van der Waals surface area contributed by atoms with Crippen LogP contribution in [0.4, 0.5) is 5.69 Å². The Kier molecular flexibility index (Phi) is 4.47. The first-order valence-corrected chi connectivity index (χ1v) is 8.65. The summed E-state index contributed by atoms with van der Waals surface area (Å²) in [5.41, 5.74) is 7.07. The molecule has 0 spiro atoms. The van der Waals surface area contributed by atoms with E-state index in [0.29, 0.717) is 12.1 Å². The van der Waals surface area contributed by atoms with Crippen LogP contribution >= 0.6 is 11.3 Å². The minimum atomic E-state index is -3.50. The van der Waals surface area contributed by atoms with Gasteiger partial charge in [0.05, 0.1) is 4.90 Å². The predicted molar refractivity (Wildman–Crippen MR) is 83.4 cm³/mol. The number of nitrogens with one attached hydrogen (secondary N) is 1. The Morgan fingerprint density at radius 2 is 2.10 bits per heavy atom. The predicted octanol–water partition coefficient (Wildman–Crippen LogP) is 2.55. The van der Waals surface area contributed by atoms with E-state index < -0.39 is 10.0 Å². The zero-order chi connectivity index (χ0) is 14.8. The molecule has 0 bridgehead atoms. The van der Waals surface area contributed by atoms with Crippen molar-refractivity contribution in [1.29, 1.82) is 0 Å². The maximum absolute atomic E-state index is 12.3. The van der Waals surface area contributed by atoms with E-state index in [1.165, 1.54) is 6.07 Å². The van der Waals surface area contributed by atoms with Crippen molar-refractivity contribution in [1.82, 2.24) is 4.72 Å². The highest BCUT2D eigenvalue weighted by atomic mass is 32.2. The molecule has 6 heteroatoms. The first-order valence-electron chi connectivity index (χ1n) is 6.29. The van der Waals surface area contributed by atoms with E-state index in [0.717, 1.165) is 10.4 Å². The fourth-order valence-corrected chi connectivity index (χ4v) is 4.08. The summed E-state index contributed by atoms with van der Waals surface area (Å²) in [7, 11) is -3.50. The van der Waals surface area contributed by atoms with Crippen LogP contribution in [0.1, 0.15) is 17.4 Å². The highest BCUT2D eigenvalue weighted by molar-refractivity contribution is 7.89. The standard InChI is InChI=1S/C14H18N2O2S2/c1-10-8-13(5-6-14(10)15)20(17,18)16-11(2)9-12-4-3-7-19-12/h3-8,11,16H,9,15H2,1-2H3. The van der Waals surface area contributed by atoms with Gasteiger partial charge >= 0.3 is 0 Å². The molecule has 0 aliphatic heterocycles. The van der Waals surface area contributed by atoms with Crippen molar-refractivity contribution < 1.29 is 8.42 Å². The highest BCUT2D eigenvalue weighted by Crippen LogP contribution is 2.18.